The molecule has 1 aliphatic heterocycles. The van der Waals surface area contributed by atoms with Crippen molar-refractivity contribution in [3.63, 3.8) is 0 Å². The summed E-state index contributed by atoms with van der Waals surface area (Å²) in [5, 5.41) is 64.8. The van der Waals surface area contributed by atoms with Crippen molar-refractivity contribution in [3.8, 4) is 0 Å². The predicted molar refractivity (Wildman–Crippen MR) is 195 cm³/mol. The number of nitrogens with one attached hydrogen (secondary N) is 1. The molecule has 49 heavy (non-hydrogen) atoms. The second-order valence-electron chi connectivity index (χ2n) is 14.6. The van der Waals surface area contributed by atoms with Crippen LogP contribution in [0.25, 0.3) is 0 Å². The Kier molecular flexibility index (Phi) is 29.0. The zero-order valence-electron chi connectivity index (χ0n) is 31.3. The summed E-state index contributed by atoms with van der Waals surface area (Å²) in [5.74, 6) is -0.259. The molecule has 2 unspecified atom stereocenters. The molecule has 10 nitrogen and oxygen atoms in total. The lowest BCUT2D eigenvalue weighted by atomic mass is 9.98. The molecular formula is C39H77NO9. The van der Waals surface area contributed by atoms with Gasteiger partial charge in [0.1, 0.15) is 30.5 Å². The first-order valence-corrected chi connectivity index (χ1v) is 20.3. The van der Waals surface area contributed by atoms with Gasteiger partial charge in [-0.25, -0.2) is 0 Å². The van der Waals surface area contributed by atoms with E-state index in [0.717, 1.165) is 44.9 Å². The summed E-state index contributed by atoms with van der Waals surface area (Å²) >= 11 is 0. The number of carbonyl (C=O) groups is 1. The van der Waals surface area contributed by atoms with Crippen molar-refractivity contribution in [2.45, 2.75) is 230 Å². The number of hydrogen-bond donors (Lipinski definition) is 7. The summed E-state index contributed by atoms with van der Waals surface area (Å²) in [5.41, 5.74) is 0. The summed E-state index contributed by atoms with van der Waals surface area (Å²) < 4.78 is 11.1. The van der Waals surface area contributed by atoms with Crippen LogP contribution in [0.15, 0.2) is 0 Å². The van der Waals surface area contributed by atoms with Gasteiger partial charge in [-0.3, -0.25) is 4.79 Å². The van der Waals surface area contributed by atoms with Crippen molar-refractivity contribution in [1.82, 2.24) is 5.32 Å². The molecule has 1 saturated heterocycles. The van der Waals surface area contributed by atoms with E-state index in [1.165, 1.54) is 109 Å². The van der Waals surface area contributed by atoms with E-state index >= 15 is 0 Å². The van der Waals surface area contributed by atoms with E-state index in [4.69, 9.17) is 9.47 Å². The molecule has 1 aliphatic rings. The molecule has 0 radical (unpaired) electrons. The highest BCUT2D eigenvalue weighted by atomic mass is 16.7. The quantitative estimate of drug-likeness (QED) is 0.0394. The maximum atomic E-state index is 12.9. The summed E-state index contributed by atoms with van der Waals surface area (Å²) in [6.45, 7) is 3.58. The number of amides is 1. The molecule has 292 valence electrons. The maximum absolute atomic E-state index is 12.9. The van der Waals surface area contributed by atoms with Crippen molar-refractivity contribution in [2.24, 2.45) is 0 Å². The van der Waals surface area contributed by atoms with Gasteiger partial charge in [0.25, 0.3) is 0 Å². The third-order valence-corrected chi connectivity index (χ3v) is 10.1. The number of aliphatic hydroxyl groups excluding tert-OH is 6. The highest BCUT2D eigenvalue weighted by Crippen LogP contribution is 2.23. The van der Waals surface area contributed by atoms with Crippen LogP contribution >= 0.6 is 0 Å². The Morgan fingerprint density at radius 3 is 1.51 bits per heavy atom. The fourth-order valence-electron chi connectivity index (χ4n) is 6.67. The van der Waals surface area contributed by atoms with Crippen molar-refractivity contribution >= 4 is 5.91 Å². The van der Waals surface area contributed by atoms with Gasteiger partial charge < -0.3 is 45.4 Å². The molecule has 1 rings (SSSR count). The molecule has 1 fully saturated rings. The van der Waals surface area contributed by atoms with E-state index in [2.05, 4.69) is 19.2 Å². The molecule has 0 bridgehead atoms. The van der Waals surface area contributed by atoms with Crippen LogP contribution in [0, 0.1) is 0 Å². The third-order valence-electron chi connectivity index (χ3n) is 10.1. The van der Waals surface area contributed by atoms with Crippen molar-refractivity contribution in [1.29, 1.82) is 0 Å². The fraction of sp³-hybridized carbons (Fsp3) is 0.974. The van der Waals surface area contributed by atoms with Crippen LogP contribution in [0.5, 0.6) is 0 Å². The Hall–Kier alpha value is -0.850. The maximum Gasteiger partial charge on any atom is 0.220 e. The zero-order valence-corrected chi connectivity index (χ0v) is 31.3. The van der Waals surface area contributed by atoms with E-state index < -0.39 is 55.6 Å². The van der Waals surface area contributed by atoms with Gasteiger partial charge in [0, 0.05) is 6.42 Å². The lowest BCUT2D eigenvalue weighted by molar-refractivity contribution is -0.303. The number of ether oxygens (including phenoxy) is 2. The molecule has 7 N–H and O–H groups in total. The predicted octanol–water partition coefficient (Wildman–Crippen LogP) is 6.19. The van der Waals surface area contributed by atoms with Crippen LogP contribution in [-0.2, 0) is 14.3 Å². The van der Waals surface area contributed by atoms with Gasteiger partial charge in [0.15, 0.2) is 6.29 Å². The Labute approximate surface area is 298 Å². The lowest BCUT2D eigenvalue weighted by Gasteiger charge is -2.40. The average Bonchev–Trinajstić information content (AvgIpc) is 3.10. The van der Waals surface area contributed by atoms with Crippen molar-refractivity contribution in [2.75, 3.05) is 13.2 Å². The first-order chi connectivity index (χ1) is 23.8. The second kappa shape index (κ2) is 30.7. The van der Waals surface area contributed by atoms with Crippen LogP contribution in [-0.4, -0.2) is 98.7 Å². The molecule has 0 spiro atoms. The number of aliphatic hydroxyl groups is 6. The third kappa shape index (κ3) is 22.0. The van der Waals surface area contributed by atoms with Gasteiger partial charge in [0.2, 0.25) is 5.91 Å². The van der Waals surface area contributed by atoms with Gasteiger partial charge >= 0.3 is 0 Å². The van der Waals surface area contributed by atoms with Crippen LogP contribution in [0.2, 0.25) is 0 Å². The minimum Gasteiger partial charge on any atom is -0.394 e. The minimum atomic E-state index is -1.60. The van der Waals surface area contributed by atoms with Gasteiger partial charge in [-0.05, 0) is 12.8 Å². The van der Waals surface area contributed by atoms with Gasteiger partial charge in [-0.1, -0.05) is 162 Å². The van der Waals surface area contributed by atoms with Gasteiger partial charge in [0.05, 0.1) is 25.4 Å². The summed E-state index contributed by atoms with van der Waals surface area (Å²) in [6.07, 6.45) is 19.7. The molecule has 0 saturated carbocycles. The minimum absolute atomic E-state index is 0.259. The number of unbranched alkanes of at least 4 members (excludes halogenated alkanes) is 22. The van der Waals surface area contributed by atoms with Crippen LogP contribution in [0.1, 0.15) is 181 Å². The Balaban J connectivity index is 2.47. The summed E-state index contributed by atoms with van der Waals surface area (Å²) in [6, 6.07) is -0.982. The van der Waals surface area contributed by atoms with E-state index in [0.29, 0.717) is 6.42 Å². The van der Waals surface area contributed by atoms with E-state index in [9.17, 15) is 35.4 Å². The average molecular weight is 704 g/mol. The summed E-state index contributed by atoms with van der Waals surface area (Å²) in [7, 11) is 0. The normalized spacial score (nSPS) is 23.0. The SMILES string of the molecule is CCCCCCCCCCCCCCC[C@@H](O)[C@@H](O)[C@H](CO[C@@H]1O[C@H](CO)[C@@H](O)C(O)C1O)NC(=O)CCCCCCCCCCCCC. The largest absolute Gasteiger partial charge is 0.394 e. The monoisotopic (exact) mass is 704 g/mol. The molecule has 0 aromatic rings. The van der Waals surface area contributed by atoms with Crippen molar-refractivity contribution < 1.29 is 44.9 Å². The van der Waals surface area contributed by atoms with E-state index in [1.54, 1.807) is 0 Å². The Morgan fingerprint density at radius 2 is 1.06 bits per heavy atom. The Bertz CT molecular complexity index is 758. The van der Waals surface area contributed by atoms with E-state index in [-0.39, 0.29) is 18.9 Å². The molecule has 0 aromatic heterocycles. The Morgan fingerprint density at radius 1 is 0.633 bits per heavy atom. The fourth-order valence-corrected chi connectivity index (χ4v) is 6.67. The van der Waals surface area contributed by atoms with E-state index in [1.807, 2.05) is 0 Å². The van der Waals surface area contributed by atoms with Crippen LogP contribution in [0.3, 0.4) is 0 Å². The summed E-state index contributed by atoms with van der Waals surface area (Å²) in [4.78, 5) is 12.9. The first kappa shape index (κ1) is 46.2. The van der Waals surface area contributed by atoms with Gasteiger partial charge in [-0.15, -0.1) is 0 Å². The second-order valence-corrected chi connectivity index (χ2v) is 14.6. The first-order valence-electron chi connectivity index (χ1n) is 20.3. The molecule has 1 heterocycles. The molecular weight excluding hydrogens is 626 g/mol. The van der Waals surface area contributed by atoms with Crippen LogP contribution in [0.4, 0.5) is 0 Å². The molecule has 8 atom stereocenters. The molecule has 0 aromatic carbocycles. The molecule has 0 aliphatic carbocycles. The smallest absolute Gasteiger partial charge is 0.220 e. The number of carbonyl (C=O) groups excluding carboxylic acids is 1. The zero-order chi connectivity index (χ0) is 36.1. The molecule has 1 amide bonds. The standard InChI is InChI=1S/C39H77NO9/c1-3-5-7-9-11-13-15-16-18-19-21-23-25-27-32(42)35(44)31(30-48-39-38(47)37(46)36(45)33(29-41)49-39)40-34(43)28-26-24-22-20-17-14-12-10-8-6-4-2/h31-33,35-39,41-42,44-47H,3-30H2,1-2H3,(H,40,43)/t31-,32+,33+,35-,36+,37?,38?,39+/m0/s1. The van der Waals surface area contributed by atoms with Crippen LogP contribution < -0.4 is 5.32 Å². The van der Waals surface area contributed by atoms with Gasteiger partial charge in [-0.2, -0.15) is 0 Å². The lowest BCUT2D eigenvalue weighted by Crippen LogP contribution is -2.60. The van der Waals surface area contributed by atoms with Crippen molar-refractivity contribution in [3.05, 3.63) is 0 Å². The molecule has 10 heteroatoms. The highest BCUT2D eigenvalue weighted by molar-refractivity contribution is 5.76. The number of hydrogen-bond acceptors (Lipinski definition) is 9. The topological polar surface area (TPSA) is 169 Å². The number of rotatable bonds is 33. The highest BCUT2D eigenvalue weighted by Gasteiger charge is 2.44.